The Bertz CT molecular complexity index is 862. The first-order chi connectivity index (χ1) is 10.8. The lowest BCUT2D eigenvalue weighted by atomic mass is 10.0. The average molecular weight is 290 g/mol. The molecule has 2 aromatic heterocycles. The highest BCUT2D eigenvalue weighted by Gasteiger charge is 2.23. The summed E-state index contributed by atoms with van der Waals surface area (Å²) < 4.78 is 0. The summed E-state index contributed by atoms with van der Waals surface area (Å²) in [6.07, 6.45) is 6.77. The van der Waals surface area contributed by atoms with Crippen LogP contribution in [0.4, 0.5) is 5.69 Å². The van der Waals surface area contributed by atoms with E-state index in [2.05, 4.69) is 21.0 Å². The van der Waals surface area contributed by atoms with Crippen molar-refractivity contribution in [1.29, 1.82) is 0 Å². The van der Waals surface area contributed by atoms with Crippen molar-refractivity contribution in [2.45, 2.75) is 12.8 Å². The number of carbonyl (C=O) groups excluding carboxylic acids is 1. The summed E-state index contributed by atoms with van der Waals surface area (Å²) in [5.74, 6) is -0.0350. The summed E-state index contributed by atoms with van der Waals surface area (Å²) in [5, 5.41) is 0. The Balaban J connectivity index is 1.75. The molecular weight excluding hydrogens is 276 g/mol. The van der Waals surface area contributed by atoms with Gasteiger partial charge in [0.15, 0.2) is 5.65 Å². The van der Waals surface area contributed by atoms with Crippen LogP contribution in [-0.4, -0.2) is 27.4 Å². The van der Waals surface area contributed by atoms with E-state index in [4.69, 9.17) is 0 Å². The van der Waals surface area contributed by atoms with Crippen LogP contribution in [-0.2, 0) is 6.42 Å². The number of rotatable bonds is 1. The molecule has 108 valence electrons. The van der Waals surface area contributed by atoms with Gasteiger partial charge in [0.1, 0.15) is 5.52 Å². The van der Waals surface area contributed by atoms with Gasteiger partial charge in [-0.05, 0) is 30.5 Å². The highest BCUT2D eigenvalue weighted by Crippen LogP contribution is 2.28. The van der Waals surface area contributed by atoms with Crippen molar-refractivity contribution in [1.82, 2.24) is 15.0 Å². The fourth-order valence-electron chi connectivity index (χ4n) is 2.88. The first-order valence-electron chi connectivity index (χ1n) is 7.29. The Labute approximate surface area is 127 Å². The largest absolute Gasteiger partial charge is 0.308 e. The number of carbonyl (C=O) groups is 1. The van der Waals surface area contributed by atoms with Crippen LogP contribution in [0.15, 0.2) is 48.9 Å². The Morgan fingerprint density at radius 1 is 1.09 bits per heavy atom. The molecule has 0 radical (unpaired) electrons. The van der Waals surface area contributed by atoms with Crippen LogP contribution >= 0.6 is 0 Å². The minimum Gasteiger partial charge on any atom is -0.308 e. The summed E-state index contributed by atoms with van der Waals surface area (Å²) in [6, 6.07) is 9.82. The van der Waals surface area contributed by atoms with Gasteiger partial charge in [0.05, 0.1) is 5.56 Å². The molecular formula is C17H14N4O. The molecule has 0 atom stereocenters. The van der Waals surface area contributed by atoms with Crippen molar-refractivity contribution >= 4 is 22.8 Å². The molecule has 1 aromatic carbocycles. The summed E-state index contributed by atoms with van der Waals surface area (Å²) in [4.78, 5) is 27.3. The monoisotopic (exact) mass is 290 g/mol. The highest BCUT2D eigenvalue weighted by atomic mass is 16.2. The molecule has 0 bridgehead atoms. The number of anilines is 1. The van der Waals surface area contributed by atoms with E-state index < -0.39 is 0 Å². The molecule has 5 heteroatoms. The standard InChI is InChI=1S/C17H14N4O/c22-17(13-10-14-16(20-11-13)19-8-7-18-14)21-9-3-5-12-4-1-2-6-15(12)21/h1-2,4,6-8,10-11H,3,5,9H2. The highest BCUT2D eigenvalue weighted by molar-refractivity contribution is 6.07. The van der Waals surface area contributed by atoms with Gasteiger partial charge in [-0.1, -0.05) is 18.2 Å². The smallest absolute Gasteiger partial charge is 0.259 e. The number of benzene rings is 1. The maximum atomic E-state index is 12.8. The number of hydrogen-bond donors (Lipinski definition) is 0. The van der Waals surface area contributed by atoms with Crippen molar-refractivity contribution < 1.29 is 4.79 Å². The first-order valence-corrected chi connectivity index (χ1v) is 7.29. The second-order valence-electron chi connectivity index (χ2n) is 5.31. The molecule has 22 heavy (non-hydrogen) atoms. The Morgan fingerprint density at radius 2 is 1.95 bits per heavy atom. The van der Waals surface area contributed by atoms with Crippen molar-refractivity contribution in [2.24, 2.45) is 0 Å². The van der Waals surface area contributed by atoms with E-state index in [9.17, 15) is 4.79 Å². The summed E-state index contributed by atoms with van der Waals surface area (Å²) in [6.45, 7) is 0.731. The summed E-state index contributed by atoms with van der Waals surface area (Å²) in [7, 11) is 0. The van der Waals surface area contributed by atoms with E-state index >= 15 is 0 Å². The van der Waals surface area contributed by atoms with E-state index in [1.807, 2.05) is 23.1 Å². The van der Waals surface area contributed by atoms with Gasteiger partial charge in [-0.15, -0.1) is 0 Å². The number of para-hydroxylation sites is 1. The van der Waals surface area contributed by atoms with Crippen LogP contribution in [0.5, 0.6) is 0 Å². The number of fused-ring (bicyclic) bond motifs is 2. The predicted octanol–water partition coefficient (Wildman–Crippen LogP) is 2.62. The lowest BCUT2D eigenvalue weighted by Gasteiger charge is -2.29. The number of nitrogens with zero attached hydrogens (tertiary/aromatic N) is 4. The lowest BCUT2D eigenvalue weighted by molar-refractivity contribution is 0.0985. The number of aryl methyl sites for hydroxylation is 1. The molecule has 0 aliphatic carbocycles. The number of pyridine rings is 1. The van der Waals surface area contributed by atoms with Crippen molar-refractivity contribution in [3.8, 4) is 0 Å². The van der Waals surface area contributed by atoms with Gasteiger partial charge in [-0.25, -0.2) is 9.97 Å². The van der Waals surface area contributed by atoms with Crippen LogP contribution in [0.2, 0.25) is 0 Å². The van der Waals surface area contributed by atoms with E-state index in [1.54, 1.807) is 24.7 Å². The van der Waals surface area contributed by atoms with E-state index in [-0.39, 0.29) is 5.91 Å². The number of hydrogen-bond acceptors (Lipinski definition) is 4. The molecule has 0 saturated carbocycles. The molecule has 0 saturated heterocycles. The second-order valence-corrected chi connectivity index (χ2v) is 5.31. The molecule has 3 heterocycles. The summed E-state index contributed by atoms with van der Waals surface area (Å²) >= 11 is 0. The molecule has 0 spiro atoms. The van der Waals surface area contributed by atoms with Gasteiger partial charge >= 0.3 is 0 Å². The van der Waals surface area contributed by atoms with Crippen LogP contribution in [0.25, 0.3) is 11.2 Å². The quantitative estimate of drug-likeness (QED) is 0.691. The fourth-order valence-corrected chi connectivity index (χ4v) is 2.88. The zero-order valence-electron chi connectivity index (χ0n) is 11.9. The second kappa shape index (κ2) is 5.18. The van der Waals surface area contributed by atoms with Gasteiger partial charge in [0.2, 0.25) is 0 Å². The van der Waals surface area contributed by atoms with Crippen molar-refractivity contribution in [3.05, 3.63) is 60.0 Å². The minimum atomic E-state index is -0.0350. The zero-order valence-corrected chi connectivity index (χ0v) is 11.9. The van der Waals surface area contributed by atoms with E-state index in [0.717, 1.165) is 25.1 Å². The average Bonchev–Trinajstić information content (AvgIpc) is 2.60. The minimum absolute atomic E-state index is 0.0350. The van der Waals surface area contributed by atoms with Crippen LogP contribution in [0.3, 0.4) is 0 Å². The maximum Gasteiger partial charge on any atom is 0.259 e. The molecule has 4 rings (SSSR count). The van der Waals surface area contributed by atoms with Gasteiger partial charge in [-0.2, -0.15) is 0 Å². The normalized spacial score (nSPS) is 13.9. The molecule has 0 fully saturated rings. The van der Waals surface area contributed by atoms with Crippen LogP contribution < -0.4 is 4.90 Å². The molecule has 0 N–H and O–H groups in total. The van der Waals surface area contributed by atoms with Gasteiger partial charge in [-0.3, -0.25) is 9.78 Å². The Hall–Kier alpha value is -2.82. The number of amides is 1. The third-order valence-electron chi connectivity index (χ3n) is 3.93. The molecule has 1 aliphatic rings. The van der Waals surface area contributed by atoms with Gasteiger partial charge in [0.25, 0.3) is 5.91 Å². The van der Waals surface area contributed by atoms with Gasteiger partial charge in [0, 0.05) is 30.8 Å². The maximum absolute atomic E-state index is 12.8. The van der Waals surface area contributed by atoms with Crippen LogP contribution in [0, 0.1) is 0 Å². The Morgan fingerprint density at radius 3 is 2.91 bits per heavy atom. The predicted molar refractivity (Wildman–Crippen MR) is 83.8 cm³/mol. The zero-order chi connectivity index (χ0) is 14.9. The molecule has 5 nitrogen and oxygen atoms in total. The third-order valence-corrected chi connectivity index (χ3v) is 3.93. The first kappa shape index (κ1) is 12.9. The lowest BCUT2D eigenvalue weighted by Crippen LogP contribution is -2.35. The molecule has 1 amide bonds. The summed E-state index contributed by atoms with van der Waals surface area (Å²) in [5.41, 5.74) is 3.95. The van der Waals surface area contributed by atoms with Crippen LogP contribution in [0.1, 0.15) is 22.3 Å². The Kier molecular flexibility index (Phi) is 3.04. The van der Waals surface area contributed by atoms with Crippen molar-refractivity contribution in [3.63, 3.8) is 0 Å². The van der Waals surface area contributed by atoms with Gasteiger partial charge < -0.3 is 4.90 Å². The number of aromatic nitrogens is 3. The van der Waals surface area contributed by atoms with Crippen molar-refractivity contribution in [2.75, 3.05) is 11.4 Å². The molecule has 0 unspecified atom stereocenters. The van der Waals surface area contributed by atoms with E-state index in [1.165, 1.54) is 5.56 Å². The molecule has 1 aliphatic heterocycles. The van der Waals surface area contributed by atoms with E-state index in [0.29, 0.717) is 16.7 Å². The topological polar surface area (TPSA) is 59.0 Å². The SMILES string of the molecule is O=C(c1cnc2nccnc2c1)N1CCCc2ccccc21. The fraction of sp³-hybridized carbons (Fsp3) is 0.176. The molecule has 3 aromatic rings. The third kappa shape index (κ3) is 2.11.